The van der Waals surface area contributed by atoms with Crippen molar-refractivity contribution in [3.05, 3.63) is 29.7 Å². The van der Waals surface area contributed by atoms with E-state index >= 15 is 0 Å². The van der Waals surface area contributed by atoms with E-state index in [-0.39, 0.29) is 5.56 Å². The second kappa shape index (κ2) is 5.61. The lowest BCUT2D eigenvalue weighted by molar-refractivity contribution is 0.0698. The molecule has 5 heteroatoms. The highest BCUT2D eigenvalue weighted by molar-refractivity contribution is 5.94. The first-order valence-electron chi connectivity index (χ1n) is 7.31. The number of hydrogen-bond donors (Lipinski definition) is 1. The molecule has 2 aromatic heterocycles. The summed E-state index contributed by atoms with van der Waals surface area (Å²) in [5, 5.41) is 13.5. The second-order valence-electron chi connectivity index (χ2n) is 5.57. The van der Waals surface area contributed by atoms with E-state index in [0.717, 1.165) is 24.6 Å². The van der Waals surface area contributed by atoms with E-state index in [1.54, 1.807) is 22.8 Å². The van der Waals surface area contributed by atoms with Crippen molar-refractivity contribution < 1.29 is 9.90 Å². The van der Waals surface area contributed by atoms with E-state index in [1.807, 2.05) is 0 Å². The van der Waals surface area contributed by atoms with Gasteiger partial charge in [0.05, 0.1) is 0 Å². The number of carboxylic acids is 1. The van der Waals surface area contributed by atoms with Gasteiger partial charge < -0.3 is 5.11 Å². The number of fused-ring (bicyclic) bond motifs is 1. The number of pyridine rings is 1. The van der Waals surface area contributed by atoms with Gasteiger partial charge in [0.1, 0.15) is 5.56 Å². The fraction of sp³-hybridized carbons (Fsp3) is 0.533. The molecule has 20 heavy (non-hydrogen) atoms. The van der Waals surface area contributed by atoms with Crippen LogP contribution in [0.2, 0.25) is 0 Å². The van der Waals surface area contributed by atoms with Crippen LogP contribution in [0.1, 0.15) is 54.7 Å². The van der Waals surface area contributed by atoms with Gasteiger partial charge in [0.25, 0.3) is 0 Å². The Hall–Kier alpha value is -1.91. The van der Waals surface area contributed by atoms with Gasteiger partial charge in [-0.3, -0.25) is 0 Å². The molecule has 3 rings (SSSR count). The van der Waals surface area contributed by atoms with Crippen LogP contribution in [0, 0.1) is 5.92 Å². The summed E-state index contributed by atoms with van der Waals surface area (Å²) < 4.78 is 1.57. The Kier molecular flexibility index (Phi) is 3.67. The minimum atomic E-state index is -0.957. The molecule has 0 atom stereocenters. The number of aromatic nitrogens is 3. The lowest BCUT2D eigenvalue weighted by Gasteiger charge is -2.20. The highest BCUT2D eigenvalue weighted by atomic mass is 16.4. The summed E-state index contributed by atoms with van der Waals surface area (Å²) in [6.07, 6.45) is 10.4. The Morgan fingerprint density at radius 1 is 1.35 bits per heavy atom. The van der Waals surface area contributed by atoms with Crippen molar-refractivity contribution in [3.8, 4) is 0 Å². The SMILES string of the molecule is O=C(O)c1cccn2nc(CCC3CCCCC3)nc12. The molecule has 0 unspecified atom stereocenters. The molecule has 1 saturated carbocycles. The maximum Gasteiger partial charge on any atom is 0.339 e. The molecule has 1 aliphatic rings. The lowest BCUT2D eigenvalue weighted by atomic mass is 9.86. The number of nitrogens with zero attached hydrogens (tertiary/aromatic N) is 3. The number of carbonyl (C=O) groups is 1. The Bertz CT molecular complexity index is 615. The first kappa shape index (κ1) is 13.1. The zero-order valence-corrected chi connectivity index (χ0v) is 11.5. The van der Waals surface area contributed by atoms with Crippen LogP contribution in [0.5, 0.6) is 0 Å². The maximum absolute atomic E-state index is 11.1. The van der Waals surface area contributed by atoms with Gasteiger partial charge in [-0.1, -0.05) is 32.1 Å². The van der Waals surface area contributed by atoms with Gasteiger partial charge in [0.2, 0.25) is 0 Å². The number of hydrogen-bond acceptors (Lipinski definition) is 3. The quantitative estimate of drug-likeness (QED) is 0.930. The van der Waals surface area contributed by atoms with E-state index in [1.165, 1.54) is 32.1 Å². The van der Waals surface area contributed by atoms with Gasteiger partial charge in [-0.15, -0.1) is 0 Å². The van der Waals surface area contributed by atoms with Crippen LogP contribution in [0.25, 0.3) is 5.65 Å². The second-order valence-corrected chi connectivity index (χ2v) is 5.57. The third-order valence-electron chi connectivity index (χ3n) is 4.14. The van der Waals surface area contributed by atoms with Gasteiger partial charge in [-0.2, -0.15) is 5.10 Å². The first-order valence-corrected chi connectivity index (χ1v) is 7.31. The Morgan fingerprint density at radius 3 is 2.90 bits per heavy atom. The smallest absolute Gasteiger partial charge is 0.339 e. The van der Waals surface area contributed by atoms with Crippen LogP contribution in [0.15, 0.2) is 18.3 Å². The lowest BCUT2D eigenvalue weighted by Crippen LogP contribution is -2.07. The summed E-state index contributed by atoms with van der Waals surface area (Å²) in [5.41, 5.74) is 0.655. The first-order chi connectivity index (χ1) is 9.74. The summed E-state index contributed by atoms with van der Waals surface area (Å²) in [5.74, 6) is 0.584. The molecule has 0 saturated heterocycles. The molecule has 0 spiro atoms. The summed E-state index contributed by atoms with van der Waals surface area (Å²) in [4.78, 5) is 15.5. The van der Waals surface area contributed by atoms with Crippen LogP contribution in [0.3, 0.4) is 0 Å². The summed E-state index contributed by atoms with van der Waals surface area (Å²) >= 11 is 0. The molecule has 1 aliphatic carbocycles. The fourth-order valence-corrected chi connectivity index (χ4v) is 3.03. The predicted octanol–water partition coefficient (Wildman–Crippen LogP) is 2.94. The molecular formula is C15H19N3O2. The fourth-order valence-electron chi connectivity index (χ4n) is 3.03. The maximum atomic E-state index is 11.1. The summed E-state index contributed by atoms with van der Waals surface area (Å²) in [6, 6.07) is 3.26. The molecular weight excluding hydrogens is 254 g/mol. The average Bonchev–Trinajstić information content (AvgIpc) is 2.88. The van der Waals surface area contributed by atoms with E-state index in [9.17, 15) is 4.79 Å². The Balaban J connectivity index is 1.75. The van der Waals surface area contributed by atoms with Crippen LogP contribution in [0.4, 0.5) is 0 Å². The molecule has 0 radical (unpaired) electrons. The number of carboxylic acid groups (broad SMARTS) is 1. The summed E-state index contributed by atoms with van der Waals surface area (Å²) in [6.45, 7) is 0. The molecule has 2 heterocycles. The van der Waals surface area contributed by atoms with Crippen molar-refractivity contribution in [3.63, 3.8) is 0 Å². The number of aromatic carboxylic acids is 1. The standard InChI is InChI=1S/C15H19N3O2/c19-15(20)12-7-4-10-18-14(12)16-13(17-18)9-8-11-5-2-1-3-6-11/h4,7,10-11H,1-3,5-6,8-9H2,(H,19,20). The van der Waals surface area contributed by atoms with Crippen molar-refractivity contribution >= 4 is 11.6 Å². The normalized spacial score (nSPS) is 16.6. The van der Waals surface area contributed by atoms with Crippen LogP contribution in [-0.4, -0.2) is 25.7 Å². The Morgan fingerprint density at radius 2 is 2.15 bits per heavy atom. The van der Waals surface area contributed by atoms with Gasteiger partial charge >= 0.3 is 5.97 Å². The van der Waals surface area contributed by atoms with E-state index in [4.69, 9.17) is 5.11 Å². The highest BCUT2D eigenvalue weighted by Gasteiger charge is 2.16. The molecule has 0 aliphatic heterocycles. The zero-order valence-electron chi connectivity index (χ0n) is 11.5. The van der Waals surface area contributed by atoms with Crippen molar-refractivity contribution in [2.75, 3.05) is 0 Å². The monoisotopic (exact) mass is 273 g/mol. The van der Waals surface area contributed by atoms with E-state index in [0.29, 0.717) is 5.65 Å². The predicted molar refractivity (Wildman–Crippen MR) is 74.8 cm³/mol. The minimum Gasteiger partial charge on any atom is -0.478 e. The molecule has 0 amide bonds. The summed E-state index contributed by atoms with van der Waals surface area (Å²) in [7, 11) is 0. The van der Waals surface area contributed by atoms with Gasteiger partial charge in [-0.05, 0) is 24.5 Å². The third-order valence-corrected chi connectivity index (χ3v) is 4.14. The number of aryl methyl sites for hydroxylation is 1. The van der Waals surface area contributed by atoms with Crippen LogP contribution in [-0.2, 0) is 6.42 Å². The zero-order chi connectivity index (χ0) is 13.9. The van der Waals surface area contributed by atoms with Crippen molar-refractivity contribution in [1.29, 1.82) is 0 Å². The minimum absolute atomic E-state index is 0.212. The van der Waals surface area contributed by atoms with Crippen LogP contribution >= 0.6 is 0 Å². The molecule has 1 N–H and O–H groups in total. The van der Waals surface area contributed by atoms with Crippen molar-refractivity contribution in [1.82, 2.24) is 14.6 Å². The highest BCUT2D eigenvalue weighted by Crippen LogP contribution is 2.27. The number of rotatable bonds is 4. The van der Waals surface area contributed by atoms with Crippen molar-refractivity contribution in [2.24, 2.45) is 5.92 Å². The van der Waals surface area contributed by atoms with Gasteiger partial charge in [0.15, 0.2) is 11.5 Å². The molecule has 5 nitrogen and oxygen atoms in total. The van der Waals surface area contributed by atoms with Gasteiger partial charge in [0, 0.05) is 12.6 Å². The van der Waals surface area contributed by atoms with Crippen molar-refractivity contribution in [2.45, 2.75) is 44.9 Å². The van der Waals surface area contributed by atoms with E-state index < -0.39 is 5.97 Å². The average molecular weight is 273 g/mol. The molecule has 2 aromatic rings. The molecule has 0 bridgehead atoms. The molecule has 106 valence electrons. The molecule has 0 aromatic carbocycles. The topological polar surface area (TPSA) is 67.5 Å². The largest absolute Gasteiger partial charge is 0.478 e. The Labute approximate surface area is 117 Å². The van der Waals surface area contributed by atoms with Gasteiger partial charge in [-0.25, -0.2) is 14.3 Å². The van der Waals surface area contributed by atoms with E-state index in [2.05, 4.69) is 10.1 Å². The van der Waals surface area contributed by atoms with Crippen LogP contribution < -0.4 is 0 Å². The third kappa shape index (κ3) is 2.66. The molecule has 1 fully saturated rings.